The van der Waals surface area contributed by atoms with E-state index in [9.17, 15) is 8.42 Å². The molecule has 3 rings (SSSR count). The van der Waals surface area contributed by atoms with Crippen molar-refractivity contribution in [2.75, 3.05) is 26.3 Å². The van der Waals surface area contributed by atoms with Crippen LogP contribution >= 0.6 is 0 Å². The van der Waals surface area contributed by atoms with Crippen molar-refractivity contribution >= 4 is 10.3 Å². The van der Waals surface area contributed by atoms with E-state index >= 15 is 0 Å². The molecular formula is C18H28N2O5S. The van der Waals surface area contributed by atoms with Crippen molar-refractivity contribution in [3.05, 3.63) is 28.3 Å². The first-order valence-electron chi connectivity index (χ1n) is 8.90. The van der Waals surface area contributed by atoms with Crippen molar-refractivity contribution in [3.63, 3.8) is 0 Å². The van der Waals surface area contributed by atoms with Crippen molar-refractivity contribution in [2.45, 2.75) is 52.3 Å². The average molecular weight is 384 g/mol. The van der Waals surface area contributed by atoms with Gasteiger partial charge in [0.15, 0.2) is 6.23 Å². The largest absolute Gasteiger partial charge is 0.474 e. The van der Waals surface area contributed by atoms with Crippen LogP contribution in [0.5, 0.6) is 5.75 Å². The van der Waals surface area contributed by atoms with Crippen LogP contribution in [-0.2, 0) is 20.5 Å². The van der Waals surface area contributed by atoms with Crippen molar-refractivity contribution in [2.24, 2.45) is 0 Å². The highest BCUT2D eigenvalue weighted by molar-refractivity contribution is 7.83. The summed E-state index contributed by atoms with van der Waals surface area (Å²) in [5.74, 6) is 0.881. The quantitative estimate of drug-likeness (QED) is 0.773. The zero-order chi connectivity index (χ0) is 19.3. The lowest BCUT2D eigenvalue weighted by molar-refractivity contribution is -0.0614. The van der Waals surface area contributed by atoms with E-state index in [1.54, 1.807) is 6.92 Å². The maximum absolute atomic E-state index is 11.2. The maximum atomic E-state index is 11.2. The monoisotopic (exact) mass is 384 g/mol. The third kappa shape index (κ3) is 3.48. The summed E-state index contributed by atoms with van der Waals surface area (Å²) < 4.78 is 45.7. The van der Waals surface area contributed by atoms with Gasteiger partial charge in [-0.2, -0.15) is 13.1 Å². The Kier molecular flexibility index (Phi) is 5.09. The predicted octanol–water partition coefficient (Wildman–Crippen LogP) is 2.09. The fourth-order valence-corrected chi connectivity index (χ4v) is 4.59. The molecule has 1 aromatic rings. The third-order valence-corrected chi connectivity index (χ3v) is 6.24. The molecule has 2 unspecified atom stereocenters. The zero-order valence-electron chi connectivity index (χ0n) is 16.0. The van der Waals surface area contributed by atoms with E-state index in [0.717, 1.165) is 41.1 Å². The Balaban J connectivity index is 2.01. The van der Waals surface area contributed by atoms with Gasteiger partial charge in [0, 0.05) is 30.1 Å². The van der Waals surface area contributed by atoms with Crippen LogP contribution in [0.2, 0.25) is 0 Å². The second-order valence-corrected chi connectivity index (χ2v) is 8.93. The van der Waals surface area contributed by atoms with Gasteiger partial charge >= 0.3 is 10.3 Å². The molecule has 1 fully saturated rings. The van der Waals surface area contributed by atoms with E-state index in [1.165, 1.54) is 0 Å². The van der Waals surface area contributed by atoms with Crippen molar-refractivity contribution in [1.29, 1.82) is 0 Å². The summed E-state index contributed by atoms with van der Waals surface area (Å²) in [6.45, 7) is 13.0. The van der Waals surface area contributed by atoms with Gasteiger partial charge in [-0.1, -0.05) is 13.8 Å². The molecule has 2 aliphatic heterocycles. The third-order valence-electron chi connectivity index (χ3n) is 5.59. The van der Waals surface area contributed by atoms with Gasteiger partial charge in [-0.3, -0.25) is 9.45 Å². The number of benzene rings is 1. The first kappa shape index (κ1) is 19.6. The van der Waals surface area contributed by atoms with E-state index in [0.29, 0.717) is 13.2 Å². The lowest BCUT2D eigenvalue weighted by Gasteiger charge is -2.38. The first-order valence-corrected chi connectivity index (χ1v) is 10.3. The van der Waals surface area contributed by atoms with Crippen LogP contribution in [0.1, 0.15) is 49.1 Å². The van der Waals surface area contributed by atoms with E-state index in [-0.39, 0.29) is 11.6 Å². The van der Waals surface area contributed by atoms with Crippen molar-refractivity contribution in [1.82, 2.24) is 9.62 Å². The number of hydrogen-bond acceptors (Lipinski definition) is 5. The standard InChI is InChI=1S/C18H28N2O5S/c1-11-12(2)16-15(10-14(11)13(3)19-26(21,22)23)18(4,5)17(25-16)20-6-8-24-9-7-20/h10,13,17,19H,6-9H2,1-5H3,(H,21,22,23). The molecule has 0 saturated carbocycles. The Hall–Kier alpha value is -1.19. The average Bonchev–Trinajstić information content (AvgIpc) is 2.81. The van der Waals surface area contributed by atoms with Gasteiger partial charge in [0.25, 0.3) is 0 Å². The van der Waals surface area contributed by atoms with E-state index in [2.05, 4.69) is 23.5 Å². The van der Waals surface area contributed by atoms with Gasteiger partial charge in [-0.25, -0.2) is 0 Å². The minimum absolute atomic E-state index is 0.0837. The fourth-order valence-electron chi connectivity index (χ4n) is 4.02. The van der Waals surface area contributed by atoms with Gasteiger partial charge in [0.1, 0.15) is 5.75 Å². The maximum Gasteiger partial charge on any atom is 0.333 e. The number of rotatable bonds is 4. The Labute approximate surface area is 155 Å². The SMILES string of the molecule is Cc1c(C(C)NS(=O)(=O)O)cc2c(c1C)OC(N1CCOCC1)C2(C)C. The molecule has 0 amide bonds. The second-order valence-electron chi connectivity index (χ2n) is 7.75. The number of fused-ring (bicyclic) bond motifs is 1. The Morgan fingerprint density at radius 3 is 2.46 bits per heavy atom. The first-order chi connectivity index (χ1) is 12.0. The molecule has 2 aliphatic rings. The molecule has 0 aromatic heterocycles. The Bertz CT molecular complexity index is 800. The minimum Gasteiger partial charge on any atom is -0.474 e. The van der Waals surface area contributed by atoms with Crippen LogP contribution in [0.4, 0.5) is 0 Å². The summed E-state index contributed by atoms with van der Waals surface area (Å²) in [7, 11) is -4.28. The molecule has 0 radical (unpaired) electrons. The van der Waals surface area contributed by atoms with Gasteiger partial charge in [0.05, 0.1) is 13.2 Å². The lowest BCUT2D eigenvalue weighted by atomic mass is 9.80. The molecule has 26 heavy (non-hydrogen) atoms. The summed E-state index contributed by atoms with van der Waals surface area (Å²) in [6, 6.07) is 1.48. The molecule has 0 aliphatic carbocycles. The number of nitrogens with zero attached hydrogens (tertiary/aromatic N) is 1. The molecule has 2 heterocycles. The van der Waals surface area contributed by atoms with E-state index in [1.807, 2.05) is 19.9 Å². The van der Waals surface area contributed by atoms with Crippen LogP contribution in [0.25, 0.3) is 0 Å². The van der Waals surface area contributed by atoms with Crippen LogP contribution < -0.4 is 9.46 Å². The summed E-state index contributed by atoms with van der Waals surface area (Å²) in [4.78, 5) is 2.30. The molecule has 1 saturated heterocycles. The van der Waals surface area contributed by atoms with Gasteiger partial charge < -0.3 is 9.47 Å². The molecule has 7 nitrogen and oxygen atoms in total. The van der Waals surface area contributed by atoms with E-state index < -0.39 is 16.3 Å². The van der Waals surface area contributed by atoms with Gasteiger partial charge in [0.2, 0.25) is 0 Å². The number of hydrogen-bond donors (Lipinski definition) is 2. The van der Waals surface area contributed by atoms with Crippen molar-refractivity contribution in [3.8, 4) is 5.75 Å². The Morgan fingerprint density at radius 1 is 1.27 bits per heavy atom. The summed E-state index contributed by atoms with van der Waals surface area (Å²) in [6.07, 6.45) is -0.0837. The van der Waals surface area contributed by atoms with Crippen LogP contribution in [0.15, 0.2) is 6.07 Å². The number of ether oxygens (including phenoxy) is 2. The molecule has 2 N–H and O–H groups in total. The molecule has 2 atom stereocenters. The van der Waals surface area contributed by atoms with Crippen LogP contribution in [0, 0.1) is 13.8 Å². The highest BCUT2D eigenvalue weighted by Crippen LogP contribution is 2.48. The highest BCUT2D eigenvalue weighted by Gasteiger charge is 2.46. The van der Waals surface area contributed by atoms with Gasteiger partial charge in [-0.15, -0.1) is 0 Å². The molecule has 0 spiro atoms. The highest BCUT2D eigenvalue weighted by atomic mass is 32.2. The van der Waals surface area contributed by atoms with Crippen LogP contribution in [-0.4, -0.2) is 50.4 Å². The van der Waals surface area contributed by atoms with Gasteiger partial charge in [-0.05, 0) is 43.5 Å². The molecular weight excluding hydrogens is 356 g/mol. The summed E-state index contributed by atoms with van der Waals surface area (Å²) in [5, 5.41) is 0. The predicted molar refractivity (Wildman–Crippen MR) is 98.8 cm³/mol. The Morgan fingerprint density at radius 2 is 1.88 bits per heavy atom. The number of nitrogens with one attached hydrogen (secondary N) is 1. The fraction of sp³-hybridized carbons (Fsp3) is 0.667. The topological polar surface area (TPSA) is 88.1 Å². The molecule has 146 valence electrons. The summed E-state index contributed by atoms with van der Waals surface area (Å²) in [5.41, 5.74) is 3.63. The zero-order valence-corrected chi connectivity index (χ0v) is 16.8. The normalized spacial score (nSPS) is 24.2. The lowest BCUT2D eigenvalue weighted by Crippen LogP contribution is -2.52. The number of morpholine rings is 1. The van der Waals surface area contributed by atoms with E-state index in [4.69, 9.17) is 14.0 Å². The smallest absolute Gasteiger partial charge is 0.333 e. The second kappa shape index (κ2) is 6.76. The molecule has 8 heteroatoms. The van der Waals surface area contributed by atoms with Crippen LogP contribution in [0.3, 0.4) is 0 Å². The molecule has 0 bridgehead atoms. The molecule has 1 aromatic carbocycles. The summed E-state index contributed by atoms with van der Waals surface area (Å²) >= 11 is 0. The minimum atomic E-state index is -4.28. The van der Waals surface area contributed by atoms with Crippen molar-refractivity contribution < 1.29 is 22.4 Å².